The maximum absolute atomic E-state index is 14.2. The van der Waals surface area contributed by atoms with Crippen LogP contribution in [0.15, 0.2) is 52.7 Å². The summed E-state index contributed by atoms with van der Waals surface area (Å²) in [6.45, 7) is 2.78. The van der Waals surface area contributed by atoms with E-state index in [1.807, 2.05) is 0 Å². The fourth-order valence-electron chi connectivity index (χ4n) is 3.47. The van der Waals surface area contributed by atoms with Crippen LogP contribution in [0.4, 0.5) is 20.4 Å². The van der Waals surface area contributed by atoms with Crippen LogP contribution in [0.2, 0.25) is 0 Å². The van der Waals surface area contributed by atoms with Crippen molar-refractivity contribution in [2.24, 2.45) is 5.73 Å². The molecule has 0 bridgehead atoms. The minimum Gasteiger partial charge on any atom is -0.423 e. The number of carbonyl (C=O) groups excluding carboxylic acids is 2. The van der Waals surface area contributed by atoms with Gasteiger partial charge in [-0.1, -0.05) is 6.08 Å². The topological polar surface area (TPSA) is 113 Å². The average Bonchev–Trinajstić information content (AvgIpc) is 3.18. The van der Waals surface area contributed by atoms with Gasteiger partial charge in [0.15, 0.2) is 5.69 Å². The summed E-state index contributed by atoms with van der Waals surface area (Å²) in [6, 6.07) is 6.54. The van der Waals surface area contributed by atoms with E-state index in [1.165, 1.54) is 12.2 Å². The molecule has 0 radical (unpaired) electrons. The molecule has 10 heteroatoms. The summed E-state index contributed by atoms with van der Waals surface area (Å²) in [5.41, 5.74) is 6.08. The van der Waals surface area contributed by atoms with Crippen LogP contribution in [0, 0.1) is 0 Å². The molecule has 4 rings (SSSR count). The predicted molar refractivity (Wildman–Crippen MR) is 109 cm³/mol. The smallest absolute Gasteiger partial charge is 0.273 e. The fraction of sp³-hybridized carbons (Fsp3) is 0.286. The van der Waals surface area contributed by atoms with Gasteiger partial charge in [-0.2, -0.15) is 0 Å². The number of aromatic nitrogens is 1. The van der Waals surface area contributed by atoms with Crippen LogP contribution in [-0.2, 0) is 0 Å². The predicted octanol–water partition coefficient (Wildman–Crippen LogP) is 2.41. The summed E-state index contributed by atoms with van der Waals surface area (Å²) < 4.78 is 33.8. The van der Waals surface area contributed by atoms with Gasteiger partial charge >= 0.3 is 0 Å². The lowest BCUT2D eigenvalue weighted by Crippen LogP contribution is -2.46. The van der Waals surface area contributed by atoms with Crippen LogP contribution in [0.3, 0.4) is 0 Å². The summed E-state index contributed by atoms with van der Waals surface area (Å²) in [6.07, 6.45) is 1.85. The number of oxazole rings is 1. The molecule has 1 aromatic heterocycles. The van der Waals surface area contributed by atoms with Gasteiger partial charge in [-0.3, -0.25) is 9.59 Å². The van der Waals surface area contributed by atoms with E-state index < -0.39 is 23.8 Å². The highest BCUT2D eigenvalue weighted by molar-refractivity contribution is 5.96. The van der Waals surface area contributed by atoms with Gasteiger partial charge in [-0.15, -0.1) is 0 Å². The van der Waals surface area contributed by atoms with Crippen molar-refractivity contribution in [3.8, 4) is 0 Å². The minimum atomic E-state index is -1.69. The number of allylic oxidation sites excluding steroid dienone is 4. The third kappa shape index (κ3) is 4.33. The number of halogens is 2. The summed E-state index contributed by atoms with van der Waals surface area (Å²) >= 11 is 0. The zero-order valence-corrected chi connectivity index (χ0v) is 16.5. The molecule has 0 spiro atoms. The number of anilines is 2. The summed E-state index contributed by atoms with van der Waals surface area (Å²) in [7, 11) is 0. The third-order valence-electron chi connectivity index (χ3n) is 5.10. The van der Waals surface area contributed by atoms with Gasteiger partial charge in [0, 0.05) is 37.4 Å². The van der Waals surface area contributed by atoms with Crippen LogP contribution >= 0.6 is 0 Å². The van der Waals surface area contributed by atoms with Crippen LogP contribution in [0.25, 0.3) is 0 Å². The summed E-state index contributed by atoms with van der Waals surface area (Å²) in [5.74, 6) is -3.57. The lowest BCUT2D eigenvalue weighted by atomic mass is 9.97. The molecule has 2 unspecified atom stereocenters. The molecule has 1 aromatic carbocycles. The second-order valence-corrected chi connectivity index (χ2v) is 7.20. The minimum absolute atomic E-state index is 0.0746. The monoisotopic (exact) mass is 429 g/mol. The zero-order chi connectivity index (χ0) is 22.0. The molecule has 2 aliphatic rings. The highest BCUT2D eigenvalue weighted by Crippen LogP contribution is 2.36. The second kappa shape index (κ2) is 8.68. The second-order valence-electron chi connectivity index (χ2n) is 7.20. The Bertz CT molecular complexity index is 1040. The lowest BCUT2D eigenvalue weighted by Gasteiger charge is -2.27. The number of amides is 2. The SMILES string of the molecule is NC(=O)c1nc(C2C(F)=CC=CC2F)oc1Nc1ccc(C(=O)N2CCNCC2)cc1. The maximum Gasteiger partial charge on any atom is 0.273 e. The molecule has 4 N–H and O–H groups in total. The average molecular weight is 429 g/mol. The zero-order valence-electron chi connectivity index (χ0n) is 16.5. The number of nitrogens with zero attached hydrogens (tertiary/aromatic N) is 2. The number of rotatable bonds is 5. The van der Waals surface area contributed by atoms with Gasteiger partial charge in [0.25, 0.3) is 11.8 Å². The molecular formula is C21H21F2N5O3. The van der Waals surface area contributed by atoms with Gasteiger partial charge in [0.1, 0.15) is 17.9 Å². The Kier molecular flexibility index (Phi) is 5.81. The molecule has 2 aromatic rings. The first-order valence-electron chi connectivity index (χ1n) is 9.79. The van der Waals surface area contributed by atoms with E-state index in [1.54, 1.807) is 29.2 Å². The van der Waals surface area contributed by atoms with Crippen LogP contribution < -0.4 is 16.4 Å². The van der Waals surface area contributed by atoms with Gasteiger partial charge < -0.3 is 25.7 Å². The van der Waals surface area contributed by atoms with Crippen molar-refractivity contribution in [2.45, 2.75) is 12.1 Å². The molecule has 1 aliphatic carbocycles. The van der Waals surface area contributed by atoms with E-state index in [2.05, 4.69) is 15.6 Å². The lowest BCUT2D eigenvalue weighted by molar-refractivity contribution is 0.0735. The summed E-state index contributed by atoms with van der Waals surface area (Å²) in [5, 5.41) is 6.03. The maximum atomic E-state index is 14.2. The molecular weight excluding hydrogens is 408 g/mol. The summed E-state index contributed by atoms with van der Waals surface area (Å²) in [4.78, 5) is 30.0. The molecule has 0 saturated carbocycles. The van der Waals surface area contributed by atoms with Crippen molar-refractivity contribution in [2.75, 3.05) is 31.5 Å². The first-order chi connectivity index (χ1) is 14.9. The van der Waals surface area contributed by atoms with Gasteiger partial charge in [-0.25, -0.2) is 13.8 Å². The molecule has 1 saturated heterocycles. The number of piperazine rings is 1. The number of hydrogen-bond acceptors (Lipinski definition) is 6. The number of alkyl halides is 1. The van der Waals surface area contributed by atoms with E-state index in [-0.39, 0.29) is 23.4 Å². The number of hydrogen-bond donors (Lipinski definition) is 3. The van der Waals surface area contributed by atoms with Gasteiger partial charge in [0.2, 0.25) is 11.8 Å². The normalized spacial score (nSPS) is 21.0. The van der Waals surface area contributed by atoms with Crippen molar-refractivity contribution in [3.05, 3.63) is 65.5 Å². The van der Waals surface area contributed by atoms with E-state index in [0.717, 1.165) is 19.2 Å². The Morgan fingerprint density at radius 2 is 1.94 bits per heavy atom. The van der Waals surface area contributed by atoms with Crippen molar-refractivity contribution in [1.82, 2.24) is 15.2 Å². The molecule has 1 fully saturated rings. The van der Waals surface area contributed by atoms with Crippen LogP contribution in [0.1, 0.15) is 32.7 Å². The number of nitrogens with two attached hydrogens (primary N) is 1. The van der Waals surface area contributed by atoms with Crippen molar-refractivity contribution < 1.29 is 22.8 Å². The molecule has 2 amide bonds. The molecule has 162 valence electrons. The number of nitrogens with one attached hydrogen (secondary N) is 2. The van der Waals surface area contributed by atoms with E-state index in [4.69, 9.17) is 10.2 Å². The van der Waals surface area contributed by atoms with Gasteiger partial charge in [-0.05, 0) is 36.4 Å². The Hall–Kier alpha value is -3.53. The highest BCUT2D eigenvalue weighted by atomic mass is 19.1. The number of benzene rings is 1. The van der Waals surface area contributed by atoms with Crippen molar-refractivity contribution in [1.29, 1.82) is 0 Å². The quantitative estimate of drug-likeness (QED) is 0.673. The standard InChI is InChI=1S/C21H21F2N5O3/c22-14-2-1-3-15(23)16(14)19-27-17(18(24)29)20(31-19)26-13-6-4-12(5-7-13)21(30)28-10-8-25-9-11-28/h1-7,14,16,25-26H,8-11H2,(H2,24,29). The molecule has 8 nitrogen and oxygen atoms in total. The Morgan fingerprint density at radius 1 is 1.23 bits per heavy atom. The van der Waals surface area contributed by atoms with E-state index in [9.17, 15) is 18.4 Å². The third-order valence-corrected chi connectivity index (χ3v) is 5.10. The highest BCUT2D eigenvalue weighted by Gasteiger charge is 2.34. The largest absolute Gasteiger partial charge is 0.423 e. The van der Waals surface area contributed by atoms with Gasteiger partial charge in [0.05, 0.1) is 0 Å². The van der Waals surface area contributed by atoms with Crippen molar-refractivity contribution >= 4 is 23.4 Å². The number of carbonyl (C=O) groups is 2. The first kappa shape index (κ1) is 20.7. The van der Waals surface area contributed by atoms with E-state index in [0.29, 0.717) is 24.3 Å². The first-order valence-corrected chi connectivity index (χ1v) is 9.79. The Morgan fingerprint density at radius 3 is 2.58 bits per heavy atom. The Labute approximate surface area is 176 Å². The fourth-order valence-corrected chi connectivity index (χ4v) is 3.47. The molecule has 1 aliphatic heterocycles. The van der Waals surface area contributed by atoms with Crippen molar-refractivity contribution in [3.63, 3.8) is 0 Å². The molecule has 2 atom stereocenters. The van der Waals surface area contributed by atoms with Crippen LogP contribution in [0.5, 0.6) is 0 Å². The van der Waals surface area contributed by atoms with Crippen LogP contribution in [-0.4, -0.2) is 54.0 Å². The molecule has 2 heterocycles. The molecule has 31 heavy (non-hydrogen) atoms. The van der Waals surface area contributed by atoms with E-state index >= 15 is 0 Å². The Balaban J connectivity index is 1.54. The number of primary amides is 1.